The summed E-state index contributed by atoms with van der Waals surface area (Å²) in [5, 5.41) is 3.73. The number of benzene rings is 1. The van der Waals surface area contributed by atoms with E-state index in [9.17, 15) is 0 Å². The Morgan fingerprint density at radius 3 is 2.72 bits per heavy atom. The maximum absolute atomic E-state index is 3.73. The van der Waals surface area contributed by atoms with E-state index in [2.05, 4.69) is 43.4 Å². The van der Waals surface area contributed by atoms with Gasteiger partial charge in [0.25, 0.3) is 0 Å². The molecule has 1 nitrogen and oxygen atoms in total. The average molecular weight is 243 g/mol. The zero-order chi connectivity index (χ0) is 12.5. The minimum absolute atomic E-state index is 0.723. The van der Waals surface area contributed by atoms with Gasteiger partial charge in [0.1, 0.15) is 0 Å². The van der Waals surface area contributed by atoms with E-state index in [1.807, 2.05) is 0 Å². The lowest BCUT2D eigenvalue weighted by Crippen LogP contribution is -2.38. The standard InChI is InChI=1S/C17H25N/c1-3-18-17(12(2)13-8-9-13)11-15-10-14-6-4-5-7-16(14)15/h4-7,12-13,15,17-18H,3,8-11H2,1-2H3. The van der Waals surface area contributed by atoms with Gasteiger partial charge in [-0.25, -0.2) is 0 Å². The maximum Gasteiger partial charge on any atom is 0.0101 e. The van der Waals surface area contributed by atoms with Crippen LogP contribution < -0.4 is 5.32 Å². The van der Waals surface area contributed by atoms with Gasteiger partial charge in [-0.2, -0.15) is 0 Å². The molecule has 0 amide bonds. The Labute approximate surface area is 111 Å². The third-order valence-electron chi connectivity index (χ3n) is 4.97. The normalized spacial score (nSPS) is 25.1. The maximum atomic E-state index is 3.73. The molecule has 0 radical (unpaired) electrons. The van der Waals surface area contributed by atoms with Gasteiger partial charge in [0.15, 0.2) is 0 Å². The van der Waals surface area contributed by atoms with Crippen molar-refractivity contribution in [3.63, 3.8) is 0 Å². The van der Waals surface area contributed by atoms with Crippen LogP contribution in [0.1, 0.15) is 50.2 Å². The summed E-state index contributed by atoms with van der Waals surface area (Å²) in [6, 6.07) is 9.70. The van der Waals surface area contributed by atoms with Crippen LogP contribution in [0, 0.1) is 11.8 Å². The van der Waals surface area contributed by atoms with Crippen molar-refractivity contribution >= 4 is 0 Å². The molecule has 1 aromatic carbocycles. The summed E-state index contributed by atoms with van der Waals surface area (Å²) >= 11 is 0. The Morgan fingerprint density at radius 1 is 1.28 bits per heavy atom. The first kappa shape index (κ1) is 12.2. The second-order valence-electron chi connectivity index (χ2n) is 6.20. The Hall–Kier alpha value is -0.820. The van der Waals surface area contributed by atoms with Crippen LogP contribution in [0.4, 0.5) is 0 Å². The fourth-order valence-corrected chi connectivity index (χ4v) is 3.58. The largest absolute Gasteiger partial charge is 0.314 e. The summed E-state index contributed by atoms with van der Waals surface area (Å²) in [6.07, 6.45) is 5.56. The number of hydrogen-bond acceptors (Lipinski definition) is 1. The van der Waals surface area contributed by atoms with Crippen LogP contribution >= 0.6 is 0 Å². The smallest absolute Gasteiger partial charge is 0.0101 e. The van der Waals surface area contributed by atoms with Gasteiger partial charge < -0.3 is 5.32 Å². The molecule has 3 atom stereocenters. The van der Waals surface area contributed by atoms with Crippen LogP contribution in [-0.2, 0) is 6.42 Å². The first-order valence-corrected chi connectivity index (χ1v) is 7.60. The molecular weight excluding hydrogens is 218 g/mol. The number of fused-ring (bicyclic) bond motifs is 1. The van der Waals surface area contributed by atoms with E-state index < -0.39 is 0 Å². The molecule has 3 rings (SSSR count). The first-order valence-electron chi connectivity index (χ1n) is 7.60. The van der Waals surface area contributed by atoms with Crippen molar-refractivity contribution in [1.82, 2.24) is 5.32 Å². The molecule has 0 bridgehead atoms. The van der Waals surface area contributed by atoms with Gasteiger partial charge in [0, 0.05) is 6.04 Å². The van der Waals surface area contributed by atoms with Crippen molar-refractivity contribution in [3.8, 4) is 0 Å². The Bertz CT molecular complexity index is 408. The Kier molecular flexibility index (Phi) is 3.43. The minimum atomic E-state index is 0.723. The second kappa shape index (κ2) is 5.05. The van der Waals surface area contributed by atoms with Gasteiger partial charge in [-0.15, -0.1) is 0 Å². The zero-order valence-corrected chi connectivity index (χ0v) is 11.7. The number of hydrogen-bond donors (Lipinski definition) is 1. The summed E-state index contributed by atoms with van der Waals surface area (Å²) in [6.45, 7) is 5.80. The quantitative estimate of drug-likeness (QED) is 0.802. The highest BCUT2D eigenvalue weighted by Gasteiger charge is 2.36. The molecule has 3 unspecified atom stereocenters. The molecule has 1 saturated carbocycles. The molecule has 0 aliphatic heterocycles. The van der Waals surface area contributed by atoms with Gasteiger partial charge >= 0.3 is 0 Å². The van der Waals surface area contributed by atoms with Gasteiger partial charge in [0.05, 0.1) is 0 Å². The monoisotopic (exact) mass is 243 g/mol. The van der Waals surface area contributed by atoms with Crippen molar-refractivity contribution in [3.05, 3.63) is 35.4 Å². The minimum Gasteiger partial charge on any atom is -0.314 e. The second-order valence-corrected chi connectivity index (χ2v) is 6.20. The Morgan fingerprint density at radius 2 is 2.06 bits per heavy atom. The van der Waals surface area contributed by atoms with Crippen molar-refractivity contribution < 1.29 is 0 Å². The molecule has 2 aliphatic carbocycles. The highest BCUT2D eigenvalue weighted by Crippen LogP contribution is 2.43. The summed E-state index contributed by atoms with van der Waals surface area (Å²) in [5.41, 5.74) is 3.19. The predicted molar refractivity (Wildman–Crippen MR) is 76.9 cm³/mol. The molecule has 1 heteroatoms. The van der Waals surface area contributed by atoms with Crippen molar-refractivity contribution in [2.75, 3.05) is 6.54 Å². The third-order valence-corrected chi connectivity index (χ3v) is 4.97. The van der Waals surface area contributed by atoms with Gasteiger partial charge in [-0.1, -0.05) is 38.1 Å². The topological polar surface area (TPSA) is 12.0 Å². The van der Waals surface area contributed by atoms with E-state index in [4.69, 9.17) is 0 Å². The number of rotatable bonds is 6. The molecule has 18 heavy (non-hydrogen) atoms. The number of nitrogens with one attached hydrogen (secondary N) is 1. The van der Waals surface area contributed by atoms with Crippen molar-refractivity contribution in [2.24, 2.45) is 11.8 Å². The van der Waals surface area contributed by atoms with E-state index in [0.717, 1.165) is 30.3 Å². The van der Waals surface area contributed by atoms with Crippen molar-refractivity contribution in [2.45, 2.75) is 51.5 Å². The molecule has 1 N–H and O–H groups in total. The molecule has 0 spiro atoms. The summed E-state index contributed by atoms with van der Waals surface area (Å²) < 4.78 is 0. The molecule has 1 fully saturated rings. The van der Waals surface area contributed by atoms with Crippen LogP contribution in [0.5, 0.6) is 0 Å². The van der Waals surface area contributed by atoms with Gasteiger partial charge in [-0.3, -0.25) is 0 Å². The lowest BCUT2D eigenvalue weighted by atomic mass is 9.72. The first-order chi connectivity index (χ1) is 8.79. The molecule has 1 aromatic rings. The van der Waals surface area contributed by atoms with E-state index in [1.54, 1.807) is 11.1 Å². The molecule has 0 aromatic heterocycles. The van der Waals surface area contributed by atoms with Crippen LogP contribution in [0.25, 0.3) is 0 Å². The fraction of sp³-hybridized carbons (Fsp3) is 0.647. The fourth-order valence-electron chi connectivity index (χ4n) is 3.58. The van der Waals surface area contributed by atoms with Crippen LogP contribution in [0.3, 0.4) is 0 Å². The Balaban J connectivity index is 1.63. The van der Waals surface area contributed by atoms with E-state index >= 15 is 0 Å². The van der Waals surface area contributed by atoms with E-state index in [0.29, 0.717) is 0 Å². The van der Waals surface area contributed by atoms with Gasteiger partial charge in [0.2, 0.25) is 0 Å². The lowest BCUT2D eigenvalue weighted by Gasteiger charge is -2.35. The molecule has 98 valence electrons. The summed E-state index contributed by atoms with van der Waals surface area (Å²) in [4.78, 5) is 0. The SMILES string of the molecule is CCNC(CC1Cc2ccccc21)C(C)C1CC1. The van der Waals surface area contributed by atoms with Crippen LogP contribution in [-0.4, -0.2) is 12.6 Å². The average Bonchev–Trinajstić information content (AvgIpc) is 3.18. The summed E-state index contributed by atoms with van der Waals surface area (Å²) in [7, 11) is 0. The highest BCUT2D eigenvalue weighted by molar-refractivity contribution is 5.39. The van der Waals surface area contributed by atoms with Gasteiger partial charge in [-0.05, 0) is 61.1 Å². The van der Waals surface area contributed by atoms with Crippen LogP contribution in [0.2, 0.25) is 0 Å². The van der Waals surface area contributed by atoms with E-state index in [1.165, 1.54) is 25.7 Å². The zero-order valence-electron chi connectivity index (χ0n) is 11.7. The van der Waals surface area contributed by atoms with E-state index in [-0.39, 0.29) is 0 Å². The highest BCUT2D eigenvalue weighted by atomic mass is 14.9. The van der Waals surface area contributed by atoms with Crippen LogP contribution in [0.15, 0.2) is 24.3 Å². The molecular formula is C17H25N. The third kappa shape index (κ3) is 2.33. The molecule has 0 saturated heterocycles. The molecule has 2 aliphatic rings. The summed E-state index contributed by atoms with van der Waals surface area (Å²) in [5.74, 6) is 2.67. The van der Waals surface area contributed by atoms with Crippen molar-refractivity contribution in [1.29, 1.82) is 0 Å². The molecule has 0 heterocycles. The lowest BCUT2D eigenvalue weighted by molar-refractivity contribution is 0.303. The predicted octanol–water partition coefficient (Wildman–Crippen LogP) is 3.74.